The van der Waals surface area contributed by atoms with Gasteiger partial charge in [0.15, 0.2) is 0 Å². The van der Waals surface area contributed by atoms with Crippen LogP contribution in [0.2, 0.25) is 0 Å². The van der Waals surface area contributed by atoms with Crippen LogP contribution in [0.25, 0.3) is 0 Å². The van der Waals surface area contributed by atoms with Gasteiger partial charge >= 0.3 is 21.7 Å². The van der Waals surface area contributed by atoms with E-state index >= 15 is 0 Å². The van der Waals surface area contributed by atoms with Crippen molar-refractivity contribution in [2.75, 3.05) is 13.2 Å². The number of hydrogen-bond acceptors (Lipinski definition) is 2. The predicted molar refractivity (Wildman–Crippen MR) is 199 cm³/mol. The van der Waals surface area contributed by atoms with Crippen molar-refractivity contribution in [2.45, 2.75) is 143 Å². The minimum absolute atomic E-state index is 0. The summed E-state index contributed by atoms with van der Waals surface area (Å²) < 4.78 is 114. The first-order valence-electron chi connectivity index (χ1n) is 19.2. The summed E-state index contributed by atoms with van der Waals surface area (Å²) in [6.45, 7) is 8.50. The van der Waals surface area contributed by atoms with Crippen LogP contribution in [0.5, 0.6) is 11.5 Å². The summed E-state index contributed by atoms with van der Waals surface area (Å²) >= 11 is 0. The number of ether oxygens (including phenoxy) is 2. The summed E-state index contributed by atoms with van der Waals surface area (Å²) in [5.74, 6) is -14.4. The predicted octanol–water partition coefficient (Wildman–Crippen LogP) is 14.5. The van der Waals surface area contributed by atoms with E-state index in [0.717, 1.165) is 51.4 Å². The van der Waals surface area contributed by atoms with Crippen molar-refractivity contribution in [3.63, 3.8) is 0 Å². The smallest absolute Gasteiger partial charge is 0.513 e. The molecule has 0 amide bonds. The Kier molecular flexibility index (Phi) is 30.6. The number of hydrogen-bond donors (Lipinski definition) is 0. The number of allylic oxidation sites excluding steroid dienone is 8. The molecular weight excluding hydrogens is 760 g/mol. The van der Waals surface area contributed by atoms with Gasteiger partial charge in [0.05, 0.1) is 71.3 Å². The number of benzene rings is 2. The van der Waals surface area contributed by atoms with Crippen molar-refractivity contribution in [3.8, 4) is 11.5 Å². The van der Waals surface area contributed by atoms with Gasteiger partial charge in [-0.15, -0.1) is 25.0 Å². The molecule has 0 aromatic heterocycles. The molecule has 0 radical (unpaired) electrons. The minimum atomic E-state index is -1.57. The third-order valence-electron chi connectivity index (χ3n) is 8.23. The first-order chi connectivity index (χ1) is 25.9. The molecule has 11 heteroatoms. The zero-order valence-electron chi connectivity index (χ0n) is 32.8. The Bertz CT molecular complexity index is 1310. The van der Waals surface area contributed by atoms with Crippen LogP contribution in [-0.4, -0.2) is 13.2 Å². The largest absolute Gasteiger partial charge is 4.00 e. The third-order valence-corrected chi connectivity index (χ3v) is 8.23. The Morgan fingerprint density at radius 1 is 0.455 bits per heavy atom. The second kappa shape index (κ2) is 32.3. The van der Waals surface area contributed by atoms with E-state index < -0.39 is 58.0 Å². The SMILES string of the molecule is CC1=[C-]CC=C1.CC1=[C-]CC=C1.CCCCCCCCCCOc1c(F)c(F)[c-]c(F)c1F.CCCCCCCCCCOc1c(F)c(F)[c-]c(F)c1F.[Ti+4]. The van der Waals surface area contributed by atoms with E-state index in [1.165, 1.54) is 74.6 Å². The normalized spacial score (nSPS) is 12.4. The van der Waals surface area contributed by atoms with Gasteiger partial charge in [0.2, 0.25) is 0 Å². The van der Waals surface area contributed by atoms with Gasteiger partial charge in [0.1, 0.15) is 0 Å². The monoisotopic (exact) mass is 816 g/mol. The van der Waals surface area contributed by atoms with Gasteiger partial charge in [0.25, 0.3) is 0 Å². The van der Waals surface area contributed by atoms with Crippen LogP contribution in [-0.2, 0) is 21.7 Å². The summed E-state index contributed by atoms with van der Waals surface area (Å²) in [6, 6.07) is 2.64. The molecule has 2 aliphatic rings. The molecule has 0 fully saturated rings. The van der Waals surface area contributed by atoms with E-state index in [9.17, 15) is 35.1 Å². The van der Waals surface area contributed by atoms with E-state index in [0.29, 0.717) is 12.8 Å². The maximum Gasteiger partial charge on any atom is 4.00 e. The fourth-order valence-corrected chi connectivity index (χ4v) is 5.11. The summed E-state index contributed by atoms with van der Waals surface area (Å²) in [7, 11) is 0. The standard InChI is InChI=1S/2C16H21F4O.2C6H7.Ti/c2*1-2-3-4-5-6-7-8-9-10-21-16-14(19)12(17)11-13(18)15(16)20;2*1-6-4-2-3-5-6;/h2*2-10H2,1H3;2*2,4H,3H2,1H3;/q4*-1;+4. The molecule has 0 saturated heterocycles. The molecule has 2 aliphatic carbocycles. The summed E-state index contributed by atoms with van der Waals surface area (Å²) in [5, 5.41) is 0. The molecule has 0 atom stereocenters. The first kappa shape index (κ1) is 52.2. The molecule has 0 bridgehead atoms. The van der Waals surface area contributed by atoms with Crippen LogP contribution in [0, 0.1) is 70.8 Å². The van der Waals surface area contributed by atoms with Crippen LogP contribution in [0.3, 0.4) is 0 Å². The molecular formula is C44H56F8O2Ti. The molecule has 0 aliphatic heterocycles. The van der Waals surface area contributed by atoms with Crippen LogP contribution in [0.15, 0.2) is 35.5 Å². The Labute approximate surface area is 339 Å². The molecule has 2 aromatic rings. The fourth-order valence-electron chi connectivity index (χ4n) is 5.11. The average molecular weight is 817 g/mol. The van der Waals surface area contributed by atoms with Crippen molar-refractivity contribution >= 4 is 0 Å². The molecule has 304 valence electrons. The van der Waals surface area contributed by atoms with Gasteiger partial charge in [0, 0.05) is 0 Å². The molecule has 2 nitrogen and oxygen atoms in total. The Balaban J connectivity index is 0.000000799. The molecule has 0 spiro atoms. The van der Waals surface area contributed by atoms with Crippen molar-refractivity contribution in [3.05, 3.63) is 106 Å². The Hall–Kier alpha value is -2.85. The van der Waals surface area contributed by atoms with E-state index in [1.807, 2.05) is 0 Å². The van der Waals surface area contributed by atoms with Gasteiger partial charge in [-0.25, -0.2) is 40.9 Å². The quantitative estimate of drug-likeness (QED) is 0.0436. The van der Waals surface area contributed by atoms with E-state index in [-0.39, 0.29) is 34.9 Å². The van der Waals surface area contributed by atoms with Gasteiger partial charge in [-0.3, -0.25) is 29.7 Å². The second-order valence-corrected chi connectivity index (χ2v) is 13.0. The first-order valence-corrected chi connectivity index (χ1v) is 19.2. The van der Waals surface area contributed by atoms with Crippen LogP contribution >= 0.6 is 0 Å². The molecule has 0 N–H and O–H groups in total. The Morgan fingerprint density at radius 3 is 0.945 bits per heavy atom. The van der Waals surface area contributed by atoms with Crippen molar-refractivity contribution in [1.82, 2.24) is 0 Å². The second-order valence-electron chi connectivity index (χ2n) is 13.0. The van der Waals surface area contributed by atoms with E-state index in [4.69, 9.17) is 9.47 Å². The zero-order chi connectivity index (χ0) is 40.1. The van der Waals surface area contributed by atoms with Gasteiger partial charge in [-0.1, -0.05) is 118 Å². The van der Waals surface area contributed by atoms with Gasteiger partial charge in [-0.2, -0.15) is 12.2 Å². The third kappa shape index (κ3) is 23.1. The minimum Gasteiger partial charge on any atom is -0.513 e. The summed E-state index contributed by atoms with van der Waals surface area (Å²) in [4.78, 5) is 0. The maximum absolute atomic E-state index is 13.3. The summed E-state index contributed by atoms with van der Waals surface area (Å²) in [6.07, 6.45) is 33.5. The van der Waals surface area contributed by atoms with Gasteiger partial charge in [-0.05, 0) is 12.8 Å². The number of rotatable bonds is 20. The van der Waals surface area contributed by atoms with Crippen molar-refractivity contribution in [2.24, 2.45) is 0 Å². The van der Waals surface area contributed by atoms with E-state index in [1.54, 1.807) is 0 Å². The molecule has 0 heterocycles. The van der Waals surface area contributed by atoms with Crippen molar-refractivity contribution < 1.29 is 66.3 Å². The number of halogens is 8. The number of unbranched alkanes of at least 4 members (excludes halogenated alkanes) is 14. The van der Waals surface area contributed by atoms with Crippen LogP contribution in [0.1, 0.15) is 143 Å². The molecule has 4 rings (SSSR count). The topological polar surface area (TPSA) is 18.5 Å². The van der Waals surface area contributed by atoms with Crippen LogP contribution in [0.4, 0.5) is 35.1 Å². The molecule has 55 heavy (non-hydrogen) atoms. The van der Waals surface area contributed by atoms with Crippen molar-refractivity contribution in [1.29, 1.82) is 0 Å². The molecule has 2 aromatic carbocycles. The Morgan fingerprint density at radius 2 is 0.727 bits per heavy atom. The zero-order valence-corrected chi connectivity index (χ0v) is 34.4. The summed E-state index contributed by atoms with van der Waals surface area (Å²) in [5.41, 5.74) is 2.55. The molecule has 0 saturated carbocycles. The maximum atomic E-state index is 13.3. The van der Waals surface area contributed by atoms with Gasteiger partial charge < -0.3 is 9.47 Å². The van der Waals surface area contributed by atoms with Crippen LogP contribution < -0.4 is 9.47 Å². The average Bonchev–Trinajstić information content (AvgIpc) is 3.85. The fraction of sp³-hybridized carbons (Fsp3) is 0.545. The van der Waals surface area contributed by atoms with E-state index in [2.05, 4.69) is 64.2 Å². The molecule has 0 unspecified atom stereocenters.